The zero-order valence-corrected chi connectivity index (χ0v) is 19.7. The Kier molecular flexibility index (Phi) is 12.4. The number of hydrogen-bond acceptors (Lipinski definition) is 8. The molecule has 1 heterocycles. The van der Waals surface area contributed by atoms with Crippen LogP contribution in [0.2, 0.25) is 0 Å². The second-order valence-corrected chi connectivity index (χ2v) is 9.05. The predicted molar refractivity (Wildman–Crippen MR) is 120 cm³/mol. The highest BCUT2D eigenvalue weighted by Gasteiger charge is 2.30. The van der Waals surface area contributed by atoms with Crippen LogP contribution >= 0.6 is 0 Å². The zero-order valence-electron chi connectivity index (χ0n) is 19.7. The molecule has 1 aliphatic heterocycles. The maximum absolute atomic E-state index is 12.9. The van der Waals surface area contributed by atoms with Crippen LogP contribution < -0.4 is 21.7 Å². The summed E-state index contributed by atoms with van der Waals surface area (Å²) in [5, 5.41) is 26.0. The van der Waals surface area contributed by atoms with Crippen LogP contribution in [0.1, 0.15) is 58.8 Å². The van der Waals surface area contributed by atoms with E-state index in [0.717, 1.165) is 0 Å². The first-order valence-electron chi connectivity index (χ1n) is 11.4. The molecule has 3 amide bonds. The summed E-state index contributed by atoms with van der Waals surface area (Å²) < 4.78 is 0. The number of rotatable bonds is 16. The lowest BCUT2D eigenvalue weighted by molar-refractivity contribution is -0.139. The number of ketones is 2. The minimum Gasteiger partial charge on any atom is -0.480 e. The van der Waals surface area contributed by atoms with Gasteiger partial charge in [0.15, 0.2) is 5.78 Å². The number of β-amino-alcohol motifs (C(OH)–C–C–N with tert-alkyl or cyclic N) is 1. The van der Waals surface area contributed by atoms with Gasteiger partial charge in [-0.3, -0.25) is 28.8 Å². The molecule has 12 heteroatoms. The Morgan fingerprint density at radius 3 is 2.29 bits per heavy atom. The minimum atomic E-state index is -1.22. The number of nitrogens with one attached hydrogen (secondary N) is 3. The first-order valence-corrected chi connectivity index (χ1v) is 11.4. The SMILES string of the molecule is CC(C)C[C@@H](CC(=O)[C@@H](CCC(N)=O)NC(=O)CCC(=O)[C@H]1C[C@H](O)CN1)C(=O)NCC(=O)O. The van der Waals surface area contributed by atoms with Crippen molar-refractivity contribution in [3.8, 4) is 0 Å². The van der Waals surface area contributed by atoms with Crippen molar-refractivity contribution in [3.63, 3.8) is 0 Å². The van der Waals surface area contributed by atoms with Crippen molar-refractivity contribution < 1.29 is 39.0 Å². The molecule has 0 aromatic rings. The van der Waals surface area contributed by atoms with E-state index >= 15 is 0 Å². The number of carboxylic acid groups (broad SMARTS) is 1. The number of carboxylic acids is 1. The summed E-state index contributed by atoms with van der Waals surface area (Å²) in [7, 11) is 0. The van der Waals surface area contributed by atoms with Crippen molar-refractivity contribution in [1.29, 1.82) is 0 Å². The highest BCUT2D eigenvalue weighted by Crippen LogP contribution is 2.18. The van der Waals surface area contributed by atoms with E-state index in [1.807, 2.05) is 13.8 Å². The van der Waals surface area contributed by atoms with Gasteiger partial charge in [0.25, 0.3) is 0 Å². The molecule has 0 aromatic carbocycles. The maximum Gasteiger partial charge on any atom is 0.322 e. The lowest BCUT2D eigenvalue weighted by atomic mass is 9.89. The van der Waals surface area contributed by atoms with E-state index in [0.29, 0.717) is 13.0 Å². The Balaban J connectivity index is 2.76. The van der Waals surface area contributed by atoms with Gasteiger partial charge in [0.1, 0.15) is 12.3 Å². The van der Waals surface area contributed by atoms with Crippen molar-refractivity contribution >= 4 is 35.3 Å². The molecule has 192 valence electrons. The normalized spacial score (nSPS) is 19.3. The second-order valence-electron chi connectivity index (χ2n) is 9.05. The fourth-order valence-corrected chi connectivity index (χ4v) is 3.78. The number of carbonyl (C=O) groups excluding carboxylic acids is 5. The molecule has 0 bridgehead atoms. The number of hydrogen-bond donors (Lipinski definition) is 6. The molecule has 0 aromatic heterocycles. The summed E-state index contributed by atoms with van der Waals surface area (Å²) in [5.74, 6) is -4.50. The molecule has 1 saturated heterocycles. The minimum absolute atomic E-state index is 0.0424. The van der Waals surface area contributed by atoms with E-state index in [4.69, 9.17) is 10.8 Å². The van der Waals surface area contributed by atoms with Crippen LogP contribution in [-0.4, -0.2) is 76.7 Å². The van der Waals surface area contributed by atoms with Crippen LogP contribution in [0.25, 0.3) is 0 Å². The van der Waals surface area contributed by atoms with Gasteiger partial charge in [-0.1, -0.05) is 13.8 Å². The van der Waals surface area contributed by atoms with Crippen molar-refractivity contribution in [1.82, 2.24) is 16.0 Å². The number of nitrogens with two attached hydrogens (primary N) is 1. The van der Waals surface area contributed by atoms with Gasteiger partial charge in [0.2, 0.25) is 17.7 Å². The monoisotopic (exact) mass is 484 g/mol. The summed E-state index contributed by atoms with van der Waals surface area (Å²) in [4.78, 5) is 71.9. The van der Waals surface area contributed by atoms with Crippen LogP contribution in [0, 0.1) is 11.8 Å². The number of Topliss-reactive ketones (excluding diaryl/α,β-unsaturated/α-hetero) is 2. The van der Waals surface area contributed by atoms with E-state index in [9.17, 15) is 33.9 Å². The van der Waals surface area contributed by atoms with E-state index in [1.54, 1.807) is 0 Å². The number of carbonyl (C=O) groups is 6. The van der Waals surface area contributed by atoms with Crippen LogP contribution in [0.5, 0.6) is 0 Å². The summed E-state index contributed by atoms with van der Waals surface area (Å²) in [6.45, 7) is 3.43. The number of aliphatic hydroxyl groups excluding tert-OH is 1. The summed E-state index contributed by atoms with van der Waals surface area (Å²) >= 11 is 0. The van der Waals surface area contributed by atoms with E-state index in [1.165, 1.54) is 0 Å². The molecular formula is C22H36N4O8. The maximum atomic E-state index is 12.9. The van der Waals surface area contributed by atoms with Gasteiger partial charge in [0.05, 0.1) is 18.2 Å². The Hall–Kier alpha value is -2.86. The van der Waals surface area contributed by atoms with Crippen molar-refractivity contribution in [2.75, 3.05) is 13.1 Å². The standard InChI is InChI=1S/C22H36N4O8/c1-12(2)7-13(22(34)25-11-21(32)33)8-18(29)15(3-5-19(23)30)26-20(31)6-4-17(28)16-9-14(27)10-24-16/h12-16,24,27H,3-11H2,1-2H3,(H2,23,30)(H,25,34)(H,26,31)(H,32,33)/t13-,14-,15+,16+/m0/s1. The Morgan fingerprint density at radius 2 is 1.76 bits per heavy atom. The summed E-state index contributed by atoms with van der Waals surface area (Å²) in [5.41, 5.74) is 5.18. The first kappa shape index (κ1) is 29.2. The summed E-state index contributed by atoms with van der Waals surface area (Å²) in [6.07, 6.45) is -0.748. The van der Waals surface area contributed by atoms with Crippen LogP contribution in [-0.2, 0) is 28.8 Å². The molecule has 7 N–H and O–H groups in total. The number of primary amides is 1. The highest BCUT2D eigenvalue weighted by atomic mass is 16.4. The Bertz CT molecular complexity index is 770. The number of amides is 3. The molecule has 34 heavy (non-hydrogen) atoms. The smallest absolute Gasteiger partial charge is 0.322 e. The zero-order chi connectivity index (χ0) is 25.8. The Morgan fingerprint density at radius 1 is 1.09 bits per heavy atom. The van der Waals surface area contributed by atoms with Crippen molar-refractivity contribution in [3.05, 3.63) is 0 Å². The average Bonchev–Trinajstić information content (AvgIpc) is 3.18. The molecule has 12 nitrogen and oxygen atoms in total. The van der Waals surface area contributed by atoms with Gasteiger partial charge in [-0.2, -0.15) is 0 Å². The topological polar surface area (TPSA) is 205 Å². The number of aliphatic carboxylic acids is 1. The lowest BCUT2D eigenvalue weighted by Crippen LogP contribution is -2.44. The second kappa shape index (κ2) is 14.4. The molecule has 0 saturated carbocycles. The molecular weight excluding hydrogens is 448 g/mol. The average molecular weight is 485 g/mol. The van der Waals surface area contributed by atoms with Crippen LogP contribution in [0.3, 0.4) is 0 Å². The third-order valence-corrected chi connectivity index (χ3v) is 5.49. The molecule has 1 fully saturated rings. The predicted octanol–water partition coefficient (Wildman–Crippen LogP) is -1.37. The van der Waals surface area contributed by atoms with Gasteiger partial charge in [0, 0.05) is 38.1 Å². The molecule has 1 aliphatic rings. The fraction of sp³-hybridized carbons (Fsp3) is 0.727. The number of aliphatic hydroxyl groups is 1. The third kappa shape index (κ3) is 11.3. The summed E-state index contributed by atoms with van der Waals surface area (Å²) in [6, 6.07) is -1.60. The highest BCUT2D eigenvalue weighted by molar-refractivity contribution is 5.94. The molecule has 4 atom stereocenters. The molecule has 1 rings (SSSR count). The van der Waals surface area contributed by atoms with Gasteiger partial charge in [-0.15, -0.1) is 0 Å². The molecule has 0 unspecified atom stereocenters. The van der Waals surface area contributed by atoms with E-state index in [-0.39, 0.29) is 50.2 Å². The third-order valence-electron chi connectivity index (χ3n) is 5.49. The van der Waals surface area contributed by atoms with Crippen molar-refractivity contribution in [2.24, 2.45) is 17.6 Å². The van der Waals surface area contributed by atoms with Gasteiger partial charge < -0.3 is 31.9 Å². The lowest BCUT2D eigenvalue weighted by Gasteiger charge is -2.22. The quantitative estimate of drug-likeness (QED) is 0.153. The fourth-order valence-electron chi connectivity index (χ4n) is 3.78. The van der Waals surface area contributed by atoms with Crippen molar-refractivity contribution in [2.45, 2.75) is 77.0 Å². The Labute approximate surface area is 198 Å². The first-order chi connectivity index (χ1) is 15.9. The molecule has 0 aliphatic carbocycles. The molecule has 0 spiro atoms. The molecule has 0 radical (unpaired) electrons. The van der Waals surface area contributed by atoms with Gasteiger partial charge in [-0.05, 0) is 25.2 Å². The van der Waals surface area contributed by atoms with Gasteiger partial charge >= 0.3 is 5.97 Å². The van der Waals surface area contributed by atoms with Gasteiger partial charge in [-0.25, -0.2) is 0 Å². The van der Waals surface area contributed by atoms with Crippen LogP contribution in [0.15, 0.2) is 0 Å². The van der Waals surface area contributed by atoms with Crippen LogP contribution in [0.4, 0.5) is 0 Å². The van der Waals surface area contributed by atoms with E-state index in [2.05, 4.69) is 16.0 Å². The largest absolute Gasteiger partial charge is 0.480 e. The van der Waals surface area contributed by atoms with E-state index < -0.39 is 60.1 Å².